The van der Waals surface area contributed by atoms with Crippen LogP contribution in [-0.4, -0.2) is 15.0 Å². The Hall–Kier alpha value is -2.00. The smallest absolute Gasteiger partial charge is 0.261 e. The van der Waals surface area contributed by atoms with Crippen molar-refractivity contribution in [2.75, 3.05) is 11.3 Å². The van der Waals surface area contributed by atoms with Gasteiger partial charge in [0.2, 0.25) is 0 Å². The van der Waals surface area contributed by atoms with E-state index in [4.69, 9.17) is 17.3 Å². The van der Waals surface area contributed by atoms with Crippen LogP contribution in [0.15, 0.2) is 53.4 Å². The van der Waals surface area contributed by atoms with E-state index >= 15 is 0 Å². The summed E-state index contributed by atoms with van der Waals surface area (Å²) in [6.45, 7) is 0.281. The molecule has 4 nitrogen and oxygen atoms in total. The van der Waals surface area contributed by atoms with E-state index in [-0.39, 0.29) is 11.4 Å². The lowest BCUT2D eigenvalue weighted by Crippen LogP contribution is -2.12. The number of rotatable bonds is 3. The zero-order chi connectivity index (χ0) is 15.3. The summed E-state index contributed by atoms with van der Waals surface area (Å²) in [6, 6.07) is 12.8. The molecule has 21 heavy (non-hydrogen) atoms. The maximum Gasteiger partial charge on any atom is 0.261 e. The molecule has 2 aromatic rings. The number of hydrogen-bond donors (Lipinski definition) is 2. The fourth-order valence-corrected chi connectivity index (χ4v) is 2.98. The second kappa shape index (κ2) is 6.64. The summed E-state index contributed by atoms with van der Waals surface area (Å²) in [4.78, 5) is 0.113. The second-order valence-electron chi connectivity index (χ2n) is 4.15. The molecular formula is C15H13ClN2O2S. The van der Waals surface area contributed by atoms with Crippen molar-refractivity contribution < 1.29 is 8.42 Å². The number of anilines is 1. The summed E-state index contributed by atoms with van der Waals surface area (Å²) in [6.07, 6.45) is 0. The molecule has 2 aromatic carbocycles. The molecule has 3 N–H and O–H groups in total. The predicted octanol–water partition coefficient (Wildman–Crippen LogP) is 2.45. The van der Waals surface area contributed by atoms with Crippen molar-refractivity contribution in [3.05, 3.63) is 59.1 Å². The molecule has 108 valence electrons. The van der Waals surface area contributed by atoms with Crippen molar-refractivity contribution in [2.24, 2.45) is 5.73 Å². The largest absolute Gasteiger partial charge is 0.320 e. The summed E-state index contributed by atoms with van der Waals surface area (Å²) in [5.41, 5.74) is 6.51. The van der Waals surface area contributed by atoms with Gasteiger partial charge in [-0.25, -0.2) is 8.42 Å². The standard InChI is InChI=1S/C15H13ClN2O2S/c16-13-4-1-5-15(11-13)21(19,20)18-14-8-6-12(7-9-14)3-2-10-17/h1,4-9,11,18H,10,17H2. The van der Waals surface area contributed by atoms with Crippen LogP contribution in [-0.2, 0) is 10.0 Å². The Bertz CT molecular complexity index is 790. The molecule has 0 aliphatic rings. The molecule has 0 radical (unpaired) electrons. The summed E-state index contributed by atoms with van der Waals surface area (Å²) < 4.78 is 26.9. The van der Waals surface area contributed by atoms with Gasteiger partial charge in [-0.15, -0.1) is 0 Å². The molecule has 0 saturated carbocycles. The SMILES string of the molecule is NCC#Cc1ccc(NS(=O)(=O)c2cccc(Cl)c2)cc1. The first-order chi connectivity index (χ1) is 10.0. The third-order valence-corrected chi connectivity index (χ3v) is 4.19. The van der Waals surface area contributed by atoms with Gasteiger partial charge in [0.05, 0.1) is 11.4 Å². The van der Waals surface area contributed by atoms with E-state index in [1.54, 1.807) is 36.4 Å². The first-order valence-electron chi connectivity index (χ1n) is 6.09. The van der Waals surface area contributed by atoms with E-state index in [2.05, 4.69) is 16.6 Å². The molecule has 0 heterocycles. The Morgan fingerprint density at radius 2 is 1.86 bits per heavy atom. The molecular weight excluding hydrogens is 308 g/mol. The summed E-state index contributed by atoms with van der Waals surface area (Å²) in [5.74, 6) is 5.59. The van der Waals surface area contributed by atoms with Gasteiger partial charge in [-0.05, 0) is 42.5 Å². The fourth-order valence-electron chi connectivity index (χ4n) is 1.62. The van der Waals surface area contributed by atoms with Gasteiger partial charge in [-0.1, -0.05) is 29.5 Å². The van der Waals surface area contributed by atoms with Crippen molar-refractivity contribution in [1.29, 1.82) is 0 Å². The van der Waals surface area contributed by atoms with Gasteiger partial charge in [0, 0.05) is 16.3 Å². The molecule has 0 aliphatic carbocycles. The highest BCUT2D eigenvalue weighted by Gasteiger charge is 2.14. The average molecular weight is 321 g/mol. The molecule has 2 rings (SSSR count). The molecule has 0 fully saturated rings. The number of nitrogens with two attached hydrogens (primary N) is 1. The van der Waals surface area contributed by atoms with E-state index in [9.17, 15) is 8.42 Å². The van der Waals surface area contributed by atoms with Crippen molar-refractivity contribution in [2.45, 2.75) is 4.90 Å². The Morgan fingerprint density at radius 1 is 1.14 bits per heavy atom. The number of halogens is 1. The van der Waals surface area contributed by atoms with Gasteiger partial charge in [0.25, 0.3) is 10.0 Å². The molecule has 0 aliphatic heterocycles. The van der Waals surface area contributed by atoms with Crippen LogP contribution < -0.4 is 10.5 Å². The summed E-state index contributed by atoms with van der Waals surface area (Å²) >= 11 is 5.81. The third-order valence-electron chi connectivity index (χ3n) is 2.58. The van der Waals surface area contributed by atoms with Gasteiger partial charge >= 0.3 is 0 Å². The van der Waals surface area contributed by atoms with Gasteiger partial charge in [-0.3, -0.25) is 4.72 Å². The molecule has 6 heteroatoms. The normalized spacial score (nSPS) is 10.6. The van der Waals surface area contributed by atoms with Crippen LogP contribution in [0.4, 0.5) is 5.69 Å². The molecule has 0 spiro atoms. The van der Waals surface area contributed by atoms with Crippen LogP contribution in [0.25, 0.3) is 0 Å². The lowest BCUT2D eigenvalue weighted by molar-refractivity contribution is 0.601. The van der Waals surface area contributed by atoms with Gasteiger partial charge in [0.15, 0.2) is 0 Å². The van der Waals surface area contributed by atoms with E-state index < -0.39 is 10.0 Å². The first kappa shape index (κ1) is 15.4. The van der Waals surface area contributed by atoms with E-state index in [1.165, 1.54) is 12.1 Å². The monoisotopic (exact) mass is 320 g/mol. The van der Waals surface area contributed by atoms with Gasteiger partial charge in [-0.2, -0.15) is 0 Å². The zero-order valence-electron chi connectivity index (χ0n) is 11.0. The van der Waals surface area contributed by atoms with Crippen LogP contribution in [0.2, 0.25) is 5.02 Å². The minimum Gasteiger partial charge on any atom is -0.320 e. The van der Waals surface area contributed by atoms with Crippen LogP contribution in [0.1, 0.15) is 5.56 Å². The van der Waals surface area contributed by atoms with E-state index in [0.29, 0.717) is 10.7 Å². The Morgan fingerprint density at radius 3 is 2.48 bits per heavy atom. The quantitative estimate of drug-likeness (QED) is 0.853. The minimum atomic E-state index is -3.66. The molecule has 0 saturated heterocycles. The Kier molecular flexibility index (Phi) is 4.86. The summed E-state index contributed by atoms with van der Waals surface area (Å²) in [5, 5.41) is 0.366. The van der Waals surface area contributed by atoms with Crippen molar-refractivity contribution >= 4 is 27.3 Å². The zero-order valence-corrected chi connectivity index (χ0v) is 12.6. The van der Waals surface area contributed by atoms with Crippen molar-refractivity contribution in [3.8, 4) is 11.8 Å². The summed E-state index contributed by atoms with van der Waals surface area (Å²) in [7, 11) is -3.66. The maximum atomic E-state index is 12.2. The van der Waals surface area contributed by atoms with E-state index in [1.807, 2.05) is 0 Å². The predicted molar refractivity (Wildman–Crippen MR) is 84.6 cm³/mol. The fraction of sp³-hybridized carbons (Fsp3) is 0.0667. The third kappa shape index (κ3) is 4.23. The molecule has 0 aromatic heterocycles. The van der Waals surface area contributed by atoms with Crippen LogP contribution in [0.5, 0.6) is 0 Å². The Labute approximate surface area is 129 Å². The van der Waals surface area contributed by atoms with Crippen LogP contribution >= 0.6 is 11.6 Å². The highest BCUT2D eigenvalue weighted by atomic mass is 35.5. The van der Waals surface area contributed by atoms with Crippen LogP contribution in [0.3, 0.4) is 0 Å². The van der Waals surface area contributed by atoms with Crippen molar-refractivity contribution in [3.63, 3.8) is 0 Å². The highest BCUT2D eigenvalue weighted by molar-refractivity contribution is 7.92. The second-order valence-corrected chi connectivity index (χ2v) is 6.26. The average Bonchev–Trinajstić information content (AvgIpc) is 2.46. The highest BCUT2D eigenvalue weighted by Crippen LogP contribution is 2.19. The molecule has 0 atom stereocenters. The molecule has 0 unspecified atom stereocenters. The van der Waals surface area contributed by atoms with Gasteiger partial charge < -0.3 is 5.73 Å². The Balaban J connectivity index is 2.21. The van der Waals surface area contributed by atoms with Crippen LogP contribution in [0, 0.1) is 11.8 Å². The molecule has 0 amide bonds. The number of nitrogens with one attached hydrogen (secondary N) is 1. The van der Waals surface area contributed by atoms with Gasteiger partial charge in [0.1, 0.15) is 0 Å². The topological polar surface area (TPSA) is 72.2 Å². The lowest BCUT2D eigenvalue weighted by Gasteiger charge is -2.08. The number of sulfonamides is 1. The first-order valence-corrected chi connectivity index (χ1v) is 7.95. The minimum absolute atomic E-state index is 0.113. The van der Waals surface area contributed by atoms with E-state index in [0.717, 1.165) is 5.56 Å². The number of hydrogen-bond acceptors (Lipinski definition) is 3. The maximum absolute atomic E-state index is 12.2. The van der Waals surface area contributed by atoms with Crippen molar-refractivity contribution in [1.82, 2.24) is 0 Å². The molecule has 0 bridgehead atoms. The number of benzene rings is 2. The lowest BCUT2D eigenvalue weighted by atomic mass is 10.2.